The van der Waals surface area contributed by atoms with Gasteiger partial charge in [-0.05, 0) is 16.5 Å². The molecule has 0 aromatic heterocycles. The molecule has 0 saturated carbocycles. The Labute approximate surface area is 91.6 Å². The largest absolute Gasteiger partial charge is 0.388 e. The smallest absolute Gasteiger partial charge is 0.0838 e. The molecule has 2 heteroatoms. The third kappa shape index (κ3) is 2.76. The topological polar surface area (TPSA) is 20.2 Å². The van der Waals surface area contributed by atoms with Crippen molar-refractivity contribution in [1.82, 2.24) is 0 Å². The van der Waals surface area contributed by atoms with Crippen molar-refractivity contribution in [3.8, 4) is 0 Å². The van der Waals surface area contributed by atoms with E-state index in [2.05, 4.69) is 12.6 Å². The molecule has 1 atom stereocenters. The van der Waals surface area contributed by atoms with Gasteiger partial charge in [0.1, 0.15) is 0 Å². The number of rotatable bonds is 2. The molecule has 14 heavy (non-hydrogen) atoms. The SMILES string of the molecule is CC(C)(C)C(O)c1ccc(CS)cc1. The van der Waals surface area contributed by atoms with E-state index < -0.39 is 6.10 Å². The van der Waals surface area contributed by atoms with E-state index >= 15 is 0 Å². The Kier molecular flexibility index (Phi) is 3.62. The van der Waals surface area contributed by atoms with Crippen molar-refractivity contribution in [3.63, 3.8) is 0 Å². The Bertz CT molecular complexity index is 284. The van der Waals surface area contributed by atoms with Crippen molar-refractivity contribution in [2.45, 2.75) is 32.6 Å². The van der Waals surface area contributed by atoms with E-state index in [1.807, 2.05) is 45.0 Å². The Morgan fingerprint density at radius 3 is 2.07 bits per heavy atom. The Morgan fingerprint density at radius 1 is 1.21 bits per heavy atom. The monoisotopic (exact) mass is 210 g/mol. The maximum atomic E-state index is 10.0. The van der Waals surface area contributed by atoms with Crippen LogP contribution in [0.5, 0.6) is 0 Å². The number of aliphatic hydroxyl groups is 1. The van der Waals surface area contributed by atoms with Gasteiger partial charge in [0.15, 0.2) is 0 Å². The summed E-state index contributed by atoms with van der Waals surface area (Å²) in [5, 5.41) is 10.0. The number of benzene rings is 1. The summed E-state index contributed by atoms with van der Waals surface area (Å²) in [6.45, 7) is 6.10. The molecule has 1 aromatic rings. The summed E-state index contributed by atoms with van der Waals surface area (Å²) in [5.41, 5.74) is 2.05. The highest BCUT2D eigenvalue weighted by Gasteiger charge is 2.23. The van der Waals surface area contributed by atoms with Crippen molar-refractivity contribution >= 4 is 12.6 Å². The van der Waals surface area contributed by atoms with Crippen molar-refractivity contribution in [3.05, 3.63) is 35.4 Å². The van der Waals surface area contributed by atoms with Gasteiger partial charge in [0.05, 0.1) is 6.10 Å². The summed E-state index contributed by atoms with van der Waals surface area (Å²) < 4.78 is 0. The second-order valence-electron chi connectivity index (χ2n) is 4.67. The minimum Gasteiger partial charge on any atom is -0.388 e. The van der Waals surface area contributed by atoms with Gasteiger partial charge in [-0.2, -0.15) is 12.6 Å². The Morgan fingerprint density at radius 2 is 1.71 bits per heavy atom. The summed E-state index contributed by atoms with van der Waals surface area (Å²) in [6, 6.07) is 7.97. The fourth-order valence-corrected chi connectivity index (χ4v) is 1.52. The van der Waals surface area contributed by atoms with E-state index in [1.54, 1.807) is 0 Å². The molecule has 0 fully saturated rings. The average molecular weight is 210 g/mol. The molecule has 78 valence electrons. The molecule has 0 aliphatic rings. The van der Waals surface area contributed by atoms with Crippen LogP contribution in [0, 0.1) is 5.41 Å². The van der Waals surface area contributed by atoms with Crippen LogP contribution in [0.15, 0.2) is 24.3 Å². The molecule has 1 unspecified atom stereocenters. The predicted molar refractivity (Wildman–Crippen MR) is 63.5 cm³/mol. The second-order valence-corrected chi connectivity index (χ2v) is 4.98. The molecule has 1 rings (SSSR count). The maximum Gasteiger partial charge on any atom is 0.0838 e. The molecule has 0 saturated heterocycles. The van der Waals surface area contributed by atoms with Gasteiger partial charge in [0.2, 0.25) is 0 Å². The van der Waals surface area contributed by atoms with Gasteiger partial charge in [-0.1, -0.05) is 45.0 Å². The first-order chi connectivity index (χ1) is 6.45. The van der Waals surface area contributed by atoms with Crippen molar-refractivity contribution in [2.24, 2.45) is 5.41 Å². The van der Waals surface area contributed by atoms with Gasteiger partial charge in [-0.25, -0.2) is 0 Å². The normalized spacial score (nSPS) is 14.1. The Hall–Kier alpha value is -0.470. The van der Waals surface area contributed by atoms with Crippen LogP contribution >= 0.6 is 12.6 Å². The molecule has 0 heterocycles. The minimum atomic E-state index is -0.406. The number of aliphatic hydroxyl groups excluding tert-OH is 1. The summed E-state index contributed by atoms with van der Waals surface area (Å²) in [4.78, 5) is 0. The molecule has 0 spiro atoms. The lowest BCUT2D eigenvalue weighted by molar-refractivity contribution is 0.0627. The van der Waals surface area contributed by atoms with Gasteiger partial charge in [0, 0.05) is 5.75 Å². The molecular formula is C12H18OS. The van der Waals surface area contributed by atoms with Crippen molar-refractivity contribution in [2.75, 3.05) is 0 Å². The van der Waals surface area contributed by atoms with E-state index in [1.165, 1.54) is 5.56 Å². The van der Waals surface area contributed by atoms with Gasteiger partial charge < -0.3 is 5.11 Å². The summed E-state index contributed by atoms with van der Waals surface area (Å²) in [5.74, 6) is 0.742. The molecular weight excluding hydrogens is 192 g/mol. The lowest BCUT2D eigenvalue weighted by Crippen LogP contribution is -2.17. The third-order valence-electron chi connectivity index (χ3n) is 2.30. The molecule has 1 nitrogen and oxygen atoms in total. The first kappa shape index (κ1) is 11.6. The highest BCUT2D eigenvalue weighted by Crippen LogP contribution is 2.32. The second kappa shape index (κ2) is 4.37. The molecule has 0 aliphatic carbocycles. The molecule has 0 amide bonds. The standard InChI is InChI=1S/C12H18OS/c1-12(2,3)11(13)10-6-4-9(8-14)5-7-10/h4-7,11,13-14H,8H2,1-3H3. The molecule has 0 aliphatic heterocycles. The average Bonchev–Trinajstić information content (AvgIpc) is 2.15. The van der Waals surface area contributed by atoms with Crippen LogP contribution in [0.1, 0.15) is 38.0 Å². The fraction of sp³-hybridized carbons (Fsp3) is 0.500. The zero-order valence-electron chi connectivity index (χ0n) is 8.99. The van der Waals surface area contributed by atoms with Gasteiger partial charge >= 0.3 is 0 Å². The molecule has 0 bridgehead atoms. The van der Waals surface area contributed by atoms with Gasteiger partial charge in [-0.15, -0.1) is 0 Å². The molecule has 1 aromatic carbocycles. The maximum absolute atomic E-state index is 10.0. The van der Waals surface area contributed by atoms with Crippen molar-refractivity contribution < 1.29 is 5.11 Å². The van der Waals surface area contributed by atoms with Crippen molar-refractivity contribution in [1.29, 1.82) is 0 Å². The summed E-state index contributed by atoms with van der Waals surface area (Å²) >= 11 is 4.19. The molecule has 1 N–H and O–H groups in total. The van der Waals surface area contributed by atoms with E-state index in [-0.39, 0.29) is 5.41 Å². The molecule has 0 radical (unpaired) electrons. The van der Waals surface area contributed by atoms with Crippen LogP contribution in [0.4, 0.5) is 0 Å². The minimum absolute atomic E-state index is 0.109. The van der Waals surface area contributed by atoms with E-state index in [4.69, 9.17) is 0 Å². The first-order valence-corrected chi connectivity index (χ1v) is 5.46. The van der Waals surface area contributed by atoms with Crippen LogP contribution < -0.4 is 0 Å². The lowest BCUT2D eigenvalue weighted by Gasteiger charge is -2.26. The number of thiol groups is 1. The number of hydrogen-bond acceptors (Lipinski definition) is 2. The zero-order chi connectivity index (χ0) is 10.8. The Balaban J connectivity index is 2.87. The quantitative estimate of drug-likeness (QED) is 0.718. The van der Waals surface area contributed by atoms with E-state index in [0.717, 1.165) is 11.3 Å². The first-order valence-electron chi connectivity index (χ1n) is 4.83. The number of hydrogen-bond donors (Lipinski definition) is 2. The van der Waals surface area contributed by atoms with Crippen LogP contribution in [0.2, 0.25) is 0 Å². The zero-order valence-corrected chi connectivity index (χ0v) is 9.88. The lowest BCUT2D eigenvalue weighted by atomic mass is 9.85. The van der Waals surface area contributed by atoms with E-state index in [0.29, 0.717) is 0 Å². The van der Waals surface area contributed by atoms with Crippen LogP contribution in [0.25, 0.3) is 0 Å². The fourth-order valence-electron chi connectivity index (χ4n) is 1.31. The van der Waals surface area contributed by atoms with Gasteiger partial charge in [0.25, 0.3) is 0 Å². The highest BCUT2D eigenvalue weighted by atomic mass is 32.1. The predicted octanol–water partition coefficient (Wildman–Crippen LogP) is 3.20. The van der Waals surface area contributed by atoms with Crippen LogP contribution in [-0.2, 0) is 5.75 Å². The summed E-state index contributed by atoms with van der Waals surface area (Å²) in [7, 11) is 0. The third-order valence-corrected chi connectivity index (χ3v) is 2.66. The van der Waals surface area contributed by atoms with Crippen LogP contribution in [-0.4, -0.2) is 5.11 Å². The van der Waals surface area contributed by atoms with E-state index in [9.17, 15) is 5.11 Å². The highest BCUT2D eigenvalue weighted by molar-refractivity contribution is 7.79. The summed E-state index contributed by atoms with van der Waals surface area (Å²) in [6.07, 6.45) is -0.406. The van der Waals surface area contributed by atoms with Crippen LogP contribution in [0.3, 0.4) is 0 Å². The van der Waals surface area contributed by atoms with Gasteiger partial charge in [-0.3, -0.25) is 0 Å².